The molecule has 1 aliphatic heterocycles. The van der Waals surface area contributed by atoms with E-state index in [1.807, 2.05) is 6.92 Å². The molecule has 0 aliphatic carbocycles. The summed E-state index contributed by atoms with van der Waals surface area (Å²) in [5.41, 5.74) is -0.847. The maximum absolute atomic E-state index is 11.8. The number of hydrogen-bond donors (Lipinski definition) is 3. The number of carbonyl (C=O) groups is 1. The molecular formula is C10H19NO3S. The number of aliphatic hydroxyl groups excluding tert-OH is 2. The maximum Gasteiger partial charge on any atom is 0.233 e. The van der Waals surface area contributed by atoms with E-state index in [4.69, 9.17) is 0 Å². The molecule has 1 saturated heterocycles. The molecule has 88 valence electrons. The third-order valence-electron chi connectivity index (χ3n) is 2.89. The molecule has 0 radical (unpaired) electrons. The van der Waals surface area contributed by atoms with E-state index in [2.05, 4.69) is 5.32 Å². The maximum atomic E-state index is 11.8. The molecule has 0 aromatic heterocycles. The molecule has 1 fully saturated rings. The van der Waals surface area contributed by atoms with Crippen molar-refractivity contribution in [2.75, 3.05) is 19.0 Å². The van der Waals surface area contributed by atoms with Crippen LogP contribution in [0, 0.1) is 0 Å². The van der Waals surface area contributed by atoms with Crippen molar-refractivity contribution < 1.29 is 15.0 Å². The number of hydrogen-bond acceptors (Lipinski definition) is 4. The fourth-order valence-corrected chi connectivity index (χ4v) is 2.73. The van der Waals surface area contributed by atoms with Crippen LogP contribution in [-0.4, -0.2) is 45.9 Å². The number of amides is 1. The molecule has 4 nitrogen and oxygen atoms in total. The second kappa shape index (κ2) is 5.72. The molecular weight excluding hydrogens is 214 g/mol. The van der Waals surface area contributed by atoms with Gasteiger partial charge in [0.1, 0.15) is 0 Å². The SMILES string of the molecule is CCC(CO)(CO)NC(=O)C1CCCS1. The average molecular weight is 233 g/mol. The van der Waals surface area contributed by atoms with Crippen molar-refractivity contribution in [3.8, 4) is 0 Å². The van der Waals surface area contributed by atoms with E-state index in [0.29, 0.717) is 6.42 Å². The van der Waals surface area contributed by atoms with Gasteiger partial charge in [-0.05, 0) is 25.0 Å². The van der Waals surface area contributed by atoms with Gasteiger partial charge in [0, 0.05) is 0 Å². The summed E-state index contributed by atoms with van der Waals surface area (Å²) in [6, 6.07) is 0. The Balaban J connectivity index is 2.53. The lowest BCUT2D eigenvalue weighted by atomic mass is 9.98. The van der Waals surface area contributed by atoms with Gasteiger partial charge >= 0.3 is 0 Å². The first-order chi connectivity index (χ1) is 7.17. The van der Waals surface area contributed by atoms with Crippen molar-refractivity contribution >= 4 is 17.7 Å². The molecule has 0 aromatic rings. The predicted molar refractivity (Wildman–Crippen MR) is 60.8 cm³/mol. The largest absolute Gasteiger partial charge is 0.394 e. The van der Waals surface area contributed by atoms with Gasteiger partial charge in [0.2, 0.25) is 5.91 Å². The van der Waals surface area contributed by atoms with Gasteiger partial charge in [-0.3, -0.25) is 4.79 Å². The van der Waals surface area contributed by atoms with Crippen LogP contribution in [0.3, 0.4) is 0 Å². The summed E-state index contributed by atoms with van der Waals surface area (Å²) >= 11 is 1.65. The highest BCUT2D eigenvalue weighted by atomic mass is 32.2. The van der Waals surface area contributed by atoms with Gasteiger partial charge in [0.05, 0.1) is 24.0 Å². The van der Waals surface area contributed by atoms with Crippen LogP contribution in [0.4, 0.5) is 0 Å². The molecule has 0 spiro atoms. The summed E-state index contributed by atoms with van der Waals surface area (Å²) in [5.74, 6) is 0.970. The minimum Gasteiger partial charge on any atom is -0.394 e. The molecule has 15 heavy (non-hydrogen) atoms. The highest BCUT2D eigenvalue weighted by Crippen LogP contribution is 2.26. The second-order valence-corrected chi connectivity index (χ2v) is 5.25. The number of aliphatic hydroxyl groups is 2. The lowest BCUT2D eigenvalue weighted by molar-refractivity contribution is -0.124. The van der Waals surface area contributed by atoms with E-state index < -0.39 is 5.54 Å². The number of nitrogens with one attached hydrogen (secondary N) is 1. The van der Waals surface area contributed by atoms with Crippen molar-refractivity contribution in [2.24, 2.45) is 0 Å². The Morgan fingerprint density at radius 2 is 2.20 bits per heavy atom. The van der Waals surface area contributed by atoms with Crippen LogP contribution in [0.25, 0.3) is 0 Å². The molecule has 1 rings (SSSR count). The second-order valence-electron chi connectivity index (χ2n) is 3.94. The first kappa shape index (κ1) is 12.8. The molecule has 1 atom stereocenters. The van der Waals surface area contributed by atoms with Crippen LogP contribution in [0.15, 0.2) is 0 Å². The monoisotopic (exact) mass is 233 g/mol. The summed E-state index contributed by atoms with van der Waals surface area (Å²) in [6.07, 6.45) is 2.50. The van der Waals surface area contributed by atoms with Gasteiger partial charge in [-0.15, -0.1) is 11.8 Å². The number of carbonyl (C=O) groups excluding carboxylic acids is 1. The molecule has 1 unspecified atom stereocenters. The Kier molecular flexibility index (Phi) is 4.89. The Morgan fingerprint density at radius 1 is 1.53 bits per heavy atom. The number of rotatable bonds is 5. The van der Waals surface area contributed by atoms with Crippen molar-refractivity contribution in [3.63, 3.8) is 0 Å². The molecule has 3 N–H and O–H groups in total. The van der Waals surface area contributed by atoms with E-state index in [-0.39, 0.29) is 24.4 Å². The molecule has 1 amide bonds. The first-order valence-electron chi connectivity index (χ1n) is 5.33. The number of thioether (sulfide) groups is 1. The minimum absolute atomic E-state index is 0.00553. The highest BCUT2D eigenvalue weighted by molar-refractivity contribution is 8.00. The lowest BCUT2D eigenvalue weighted by Crippen LogP contribution is -2.55. The van der Waals surface area contributed by atoms with Crippen LogP contribution in [0.1, 0.15) is 26.2 Å². The lowest BCUT2D eigenvalue weighted by Gasteiger charge is -2.30. The van der Waals surface area contributed by atoms with E-state index in [1.54, 1.807) is 11.8 Å². The summed E-state index contributed by atoms with van der Waals surface area (Å²) < 4.78 is 0. The standard InChI is InChI=1S/C10H19NO3S/c1-2-10(6-12,7-13)11-9(14)8-4-3-5-15-8/h8,12-13H,2-7H2,1H3,(H,11,14). The summed E-state index contributed by atoms with van der Waals surface area (Å²) in [6.45, 7) is 1.40. The van der Waals surface area contributed by atoms with Gasteiger partial charge < -0.3 is 15.5 Å². The van der Waals surface area contributed by atoms with Crippen molar-refractivity contribution in [1.29, 1.82) is 0 Å². The zero-order valence-electron chi connectivity index (χ0n) is 9.03. The zero-order chi connectivity index (χ0) is 11.3. The summed E-state index contributed by atoms with van der Waals surface area (Å²) in [4.78, 5) is 11.8. The van der Waals surface area contributed by atoms with E-state index in [9.17, 15) is 15.0 Å². The summed E-state index contributed by atoms with van der Waals surface area (Å²) in [7, 11) is 0. The Hall–Kier alpha value is -0.260. The topological polar surface area (TPSA) is 69.6 Å². The Morgan fingerprint density at radius 3 is 2.60 bits per heavy atom. The fourth-order valence-electron chi connectivity index (χ4n) is 1.57. The predicted octanol–water partition coefficient (Wildman–Crippen LogP) is 0.132. The first-order valence-corrected chi connectivity index (χ1v) is 6.37. The third-order valence-corrected chi connectivity index (χ3v) is 4.27. The van der Waals surface area contributed by atoms with Crippen LogP contribution in [-0.2, 0) is 4.79 Å². The van der Waals surface area contributed by atoms with E-state index in [1.165, 1.54) is 0 Å². The Labute approximate surface area is 94.4 Å². The molecule has 1 heterocycles. The van der Waals surface area contributed by atoms with Gasteiger partial charge in [-0.25, -0.2) is 0 Å². The molecule has 0 bridgehead atoms. The molecule has 1 aliphatic rings. The van der Waals surface area contributed by atoms with Crippen LogP contribution in [0.5, 0.6) is 0 Å². The normalized spacial score (nSPS) is 21.7. The molecule has 5 heteroatoms. The van der Waals surface area contributed by atoms with E-state index >= 15 is 0 Å². The van der Waals surface area contributed by atoms with Crippen LogP contribution < -0.4 is 5.32 Å². The minimum atomic E-state index is -0.847. The molecule has 0 aromatic carbocycles. The zero-order valence-corrected chi connectivity index (χ0v) is 9.85. The van der Waals surface area contributed by atoms with Crippen molar-refractivity contribution in [1.82, 2.24) is 5.32 Å². The molecule has 0 saturated carbocycles. The van der Waals surface area contributed by atoms with E-state index in [0.717, 1.165) is 18.6 Å². The third kappa shape index (κ3) is 3.09. The summed E-state index contributed by atoms with van der Waals surface area (Å²) in [5, 5.41) is 21.1. The van der Waals surface area contributed by atoms with Gasteiger partial charge in [-0.2, -0.15) is 0 Å². The highest BCUT2D eigenvalue weighted by Gasteiger charge is 2.32. The van der Waals surface area contributed by atoms with Crippen molar-refractivity contribution in [2.45, 2.75) is 37.0 Å². The van der Waals surface area contributed by atoms with Gasteiger partial charge in [0.25, 0.3) is 0 Å². The van der Waals surface area contributed by atoms with Crippen LogP contribution >= 0.6 is 11.8 Å². The smallest absolute Gasteiger partial charge is 0.233 e. The quantitative estimate of drug-likeness (QED) is 0.631. The van der Waals surface area contributed by atoms with Crippen LogP contribution in [0.2, 0.25) is 0 Å². The van der Waals surface area contributed by atoms with Gasteiger partial charge in [0.15, 0.2) is 0 Å². The fraction of sp³-hybridized carbons (Fsp3) is 0.900. The van der Waals surface area contributed by atoms with Crippen molar-refractivity contribution in [3.05, 3.63) is 0 Å². The Bertz CT molecular complexity index is 204. The van der Waals surface area contributed by atoms with Gasteiger partial charge in [-0.1, -0.05) is 6.92 Å². The average Bonchev–Trinajstić information content (AvgIpc) is 2.79.